The van der Waals surface area contributed by atoms with Gasteiger partial charge in [-0.2, -0.15) is 0 Å². The lowest BCUT2D eigenvalue weighted by atomic mass is 9.86. The summed E-state index contributed by atoms with van der Waals surface area (Å²) in [4.78, 5) is 39.2. The molecule has 0 aliphatic rings. The summed E-state index contributed by atoms with van der Waals surface area (Å²) in [6.07, 6.45) is -0.324. The molecule has 0 radical (unpaired) electrons. The van der Waals surface area contributed by atoms with Crippen molar-refractivity contribution in [1.82, 2.24) is 5.32 Å². The molecule has 7 nitrogen and oxygen atoms in total. The van der Waals surface area contributed by atoms with Crippen molar-refractivity contribution in [2.45, 2.75) is 38.6 Å². The summed E-state index contributed by atoms with van der Waals surface area (Å²) in [7, 11) is 0. The molecule has 0 bridgehead atoms. The highest BCUT2D eigenvalue weighted by atomic mass is 16.4. The Hall–Kier alpha value is -5.69. The summed E-state index contributed by atoms with van der Waals surface area (Å²) in [5.41, 5.74) is 12.7. The number of hydrogen-bond acceptors (Lipinski definition) is 4. The van der Waals surface area contributed by atoms with Crippen LogP contribution < -0.4 is 16.4 Å². The predicted octanol–water partition coefficient (Wildman–Crippen LogP) is 8.10. The first kappa shape index (κ1) is 31.7. The molecule has 2 amide bonds. The van der Waals surface area contributed by atoms with E-state index < -0.39 is 17.9 Å². The molecule has 1 atom stereocenters. The predicted molar refractivity (Wildman–Crippen MR) is 184 cm³/mol. The molecule has 0 aliphatic heterocycles. The molecular weight excluding hydrogens is 574 g/mol. The lowest BCUT2D eigenvalue weighted by Crippen LogP contribution is -2.31. The third-order valence-corrected chi connectivity index (χ3v) is 7.87. The maximum Gasteiger partial charge on any atom is 0.305 e. The number of aliphatic carboxylic acids is 1. The van der Waals surface area contributed by atoms with Gasteiger partial charge in [0, 0.05) is 11.3 Å². The molecule has 0 aliphatic carbocycles. The first-order valence-electron chi connectivity index (χ1n) is 15.1. The van der Waals surface area contributed by atoms with Crippen molar-refractivity contribution < 1.29 is 19.5 Å². The first-order valence-corrected chi connectivity index (χ1v) is 15.1. The van der Waals surface area contributed by atoms with Gasteiger partial charge in [0.2, 0.25) is 0 Å². The van der Waals surface area contributed by atoms with Crippen molar-refractivity contribution >= 4 is 29.2 Å². The second kappa shape index (κ2) is 13.5. The normalized spacial score (nSPS) is 11.8. The monoisotopic (exact) mass is 611 g/mol. The van der Waals surface area contributed by atoms with E-state index in [2.05, 4.69) is 31.4 Å². The molecule has 0 saturated heterocycles. The number of nitrogens with two attached hydrogens (primary N) is 1. The van der Waals surface area contributed by atoms with Gasteiger partial charge in [0.15, 0.2) is 0 Å². The lowest BCUT2D eigenvalue weighted by molar-refractivity contribution is -0.137. The lowest BCUT2D eigenvalue weighted by Gasteiger charge is -2.20. The number of benzene rings is 5. The number of carboxylic acids is 1. The third kappa shape index (κ3) is 7.68. The minimum Gasteiger partial charge on any atom is -0.481 e. The largest absolute Gasteiger partial charge is 0.481 e. The third-order valence-electron chi connectivity index (χ3n) is 7.87. The van der Waals surface area contributed by atoms with Crippen LogP contribution in [0.4, 0.5) is 11.4 Å². The number of amides is 2. The van der Waals surface area contributed by atoms with Gasteiger partial charge in [-0.1, -0.05) is 106 Å². The Morgan fingerprint density at radius 2 is 1.26 bits per heavy atom. The molecule has 5 N–H and O–H groups in total. The van der Waals surface area contributed by atoms with E-state index in [-0.39, 0.29) is 23.3 Å². The number of carbonyl (C=O) groups is 3. The Balaban J connectivity index is 1.46. The van der Waals surface area contributed by atoms with E-state index in [9.17, 15) is 19.5 Å². The molecule has 1 unspecified atom stereocenters. The highest BCUT2D eigenvalue weighted by molar-refractivity contribution is 6.09. The van der Waals surface area contributed by atoms with E-state index in [1.54, 1.807) is 36.4 Å². The van der Waals surface area contributed by atoms with E-state index in [4.69, 9.17) is 5.73 Å². The molecule has 5 aromatic carbocycles. The van der Waals surface area contributed by atoms with Crippen LogP contribution in [0.3, 0.4) is 0 Å². The summed E-state index contributed by atoms with van der Waals surface area (Å²) in [5, 5.41) is 15.5. The standard InChI is InChI=1S/C39H37N3O4/c1-39(2,3)31-18-13-29(14-19-31)37(45)41-34-22-17-30(27-15-20-32(40)21-16-27)23-33(34)38(46)42-35(24-36(43)44)28-11-9-26(10-12-28)25-7-5-4-6-8-25/h4-23,35H,24,40H2,1-3H3,(H,41,45)(H,42,46)(H,43,44). The zero-order chi connectivity index (χ0) is 32.8. The summed E-state index contributed by atoms with van der Waals surface area (Å²) >= 11 is 0. The number of nitrogens with one attached hydrogen (secondary N) is 2. The number of carboxylic acid groups (broad SMARTS) is 1. The van der Waals surface area contributed by atoms with Crippen LogP contribution in [0.2, 0.25) is 0 Å². The molecule has 0 aromatic heterocycles. The minimum absolute atomic E-state index is 0.0629. The van der Waals surface area contributed by atoms with Crippen molar-refractivity contribution in [3.8, 4) is 22.3 Å². The molecule has 0 saturated carbocycles. The summed E-state index contributed by atoms with van der Waals surface area (Å²) in [6, 6.07) is 36.3. The quantitative estimate of drug-likeness (QED) is 0.126. The van der Waals surface area contributed by atoms with Crippen LogP contribution in [0.15, 0.2) is 121 Å². The van der Waals surface area contributed by atoms with Gasteiger partial charge >= 0.3 is 5.97 Å². The van der Waals surface area contributed by atoms with E-state index in [0.717, 1.165) is 27.8 Å². The second-order valence-corrected chi connectivity index (χ2v) is 12.3. The molecule has 232 valence electrons. The smallest absolute Gasteiger partial charge is 0.305 e. The molecule has 0 heterocycles. The maximum absolute atomic E-state index is 14.0. The Morgan fingerprint density at radius 1 is 0.696 bits per heavy atom. The number of anilines is 2. The molecule has 5 aromatic rings. The number of rotatable bonds is 9. The Bertz CT molecular complexity index is 1840. The molecule has 0 fully saturated rings. The van der Waals surface area contributed by atoms with Crippen LogP contribution in [-0.2, 0) is 10.2 Å². The SMILES string of the molecule is CC(C)(C)c1ccc(C(=O)Nc2ccc(-c3ccc(N)cc3)cc2C(=O)NC(CC(=O)O)c2ccc(-c3ccccc3)cc2)cc1. The first-order chi connectivity index (χ1) is 22.0. The molecule has 46 heavy (non-hydrogen) atoms. The fraction of sp³-hybridized carbons (Fsp3) is 0.154. The summed E-state index contributed by atoms with van der Waals surface area (Å²) in [5.74, 6) is -1.94. The Labute approximate surface area is 269 Å². The van der Waals surface area contributed by atoms with E-state index in [1.165, 1.54) is 0 Å². The average molecular weight is 612 g/mol. The number of nitrogen functional groups attached to an aromatic ring is 1. The van der Waals surface area contributed by atoms with Crippen LogP contribution in [0.1, 0.15) is 65.1 Å². The second-order valence-electron chi connectivity index (χ2n) is 12.3. The topological polar surface area (TPSA) is 122 Å². The van der Waals surface area contributed by atoms with Crippen molar-refractivity contribution in [3.05, 3.63) is 144 Å². The van der Waals surface area contributed by atoms with Gasteiger partial charge < -0.3 is 21.5 Å². The number of hydrogen-bond donors (Lipinski definition) is 4. The highest BCUT2D eigenvalue weighted by Crippen LogP contribution is 2.29. The zero-order valence-corrected chi connectivity index (χ0v) is 26.1. The van der Waals surface area contributed by atoms with Crippen LogP contribution in [0, 0.1) is 0 Å². The molecule has 5 rings (SSSR count). The fourth-order valence-electron chi connectivity index (χ4n) is 5.21. The zero-order valence-electron chi connectivity index (χ0n) is 26.1. The van der Waals surface area contributed by atoms with Crippen molar-refractivity contribution in [3.63, 3.8) is 0 Å². The van der Waals surface area contributed by atoms with Gasteiger partial charge in [0.1, 0.15) is 0 Å². The average Bonchev–Trinajstić information content (AvgIpc) is 3.05. The number of carbonyl (C=O) groups excluding carboxylic acids is 2. The van der Waals surface area contributed by atoms with Gasteiger partial charge in [0.05, 0.1) is 23.7 Å². The van der Waals surface area contributed by atoms with Gasteiger partial charge in [0.25, 0.3) is 11.8 Å². The fourth-order valence-corrected chi connectivity index (χ4v) is 5.21. The van der Waals surface area contributed by atoms with Crippen LogP contribution >= 0.6 is 0 Å². The van der Waals surface area contributed by atoms with E-state index in [1.807, 2.05) is 84.9 Å². The highest BCUT2D eigenvalue weighted by Gasteiger charge is 2.23. The van der Waals surface area contributed by atoms with Gasteiger partial charge in [-0.25, -0.2) is 0 Å². The van der Waals surface area contributed by atoms with Gasteiger partial charge in [-0.15, -0.1) is 0 Å². The van der Waals surface area contributed by atoms with Gasteiger partial charge in [-0.05, 0) is 75.2 Å². The van der Waals surface area contributed by atoms with Gasteiger partial charge in [-0.3, -0.25) is 14.4 Å². The minimum atomic E-state index is -1.06. The van der Waals surface area contributed by atoms with Crippen LogP contribution in [-0.4, -0.2) is 22.9 Å². The molecular formula is C39H37N3O4. The van der Waals surface area contributed by atoms with Crippen molar-refractivity contribution in [1.29, 1.82) is 0 Å². The summed E-state index contributed by atoms with van der Waals surface area (Å²) in [6.45, 7) is 6.31. The molecule has 0 spiro atoms. The van der Waals surface area contributed by atoms with E-state index >= 15 is 0 Å². The van der Waals surface area contributed by atoms with Crippen molar-refractivity contribution in [2.75, 3.05) is 11.1 Å². The Kier molecular flexibility index (Phi) is 9.33. The van der Waals surface area contributed by atoms with Crippen LogP contribution in [0.25, 0.3) is 22.3 Å². The van der Waals surface area contributed by atoms with E-state index in [0.29, 0.717) is 22.5 Å². The Morgan fingerprint density at radius 3 is 1.87 bits per heavy atom. The summed E-state index contributed by atoms with van der Waals surface area (Å²) < 4.78 is 0. The molecule has 7 heteroatoms. The van der Waals surface area contributed by atoms with Crippen LogP contribution in [0.5, 0.6) is 0 Å². The maximum atomic E-state index is 14.0. The van der Waals surface area contributed by atoms with Crippen molar-refractivity contribution in [2.24, 2.45) is 0 Å².